The zero-order chi connectivity index (χ0) is 16.1. The van der Waals surface area contributed by atoms with Crippen molar-refractivity contribution in [3.05, 3.63) is 0 Å². The van der Waals surface area contributed by atoms with Gasteiger partial charge in [-0.05, 0) is 31.1 Å². The summed E-state index contributed by atoms with van der Waals surface area (Å²) >= 11 is 0. The molecule has 2 saturated carbocycles. The Morgan fingerprint density at radius 1 is 0.913 bits per heavy atom. The highest BCUT2D eigenvalue weighted by Crippen LogP contribution is 2.29. The van der Waals surface area contributed by atoms with Gasteiger partial charge in [-0.3, -0.25) is 14.5 Å². The van der Waals surface area contributed by atoms with Gasteiger partial charge < -0.3 is 10.2 Å². The van der Waals surface area contributed by atoms with Gasteiger partial charge in [-0.15, -0.1) is 0 Å². The summed E-state index contributed by atoms with van der Waals surface area (Å²) in [6, 6.07) is 0. The van der Waals surface area contributed by atoms with Gasteiger partial charge in [0.2, 0.25) is 11.8 Å². The largest absolute Gasteiger partial charge is 0.355 e. The van der Waals surface area contributed by atoms with E-state index in [1.807, 2.05) is 4.90 Å². The van der Waals surface area contributed by atoms with Crippen LogP contribution in [0.4, 0.5) is 0 Å². The Bertz CT molecular complexity index is 408. The molecule has 0 bridgehead atoms. The molecular weight excluding hydrogens is 290 g/mol. The predicted octanol–water partition coefficient (Wildman–Crippen LogP) is 1.63. The molecule has 1 aliphatic heterocycles. The van der Waals surface area contributed by atoms with Gasteiger partial charge in [0.25, 0.3) is 0 Å². The molecule has 130 valence electrons. The third-order valence-electron chi connectivity index (χ3n) is 5.62. The topological polar surface area (TPSA) is 52.7 Å². The van der Waals surface area contributed by atoms with Crippen molar-refractivity contribution in [2.24, 2.45) is 11.8 Å². The number of hydrogen-bond donors (Lipinski definition) is 1. The first-order chi connectivity index (χ1) is 11.2. The second-order valence-corrected chi connectivity index (χ2v) is 7.59. The number of amides is 2. The summed E-state index contributed by atoms with van der Waals surface area (Å²) in [6.45, 7) is 4.53. The van der Waals surface area contributed by atoms with Gasteiger partial charge in [0, 0.05) is 39.1 Å². The molecule has 0 spiro atoms. The van der Waals surface area contributed by atoms with E-state index in [2.05, 4.69) is 10.2 Å². The predicted molar refractivity (Wildman–Crippen MR) is 89.9 cm³/mol. The highest BCUT2D eigenvalue weighted by Gasteiger charge is 2.25. The second-order valence-electron chi connectivity index (χ2n) is 7.59. The Hall–Kier alpha value is -1.10. The van der Waals surface area contributed by atoms with Crippen molar-refractivity contribution < 1.29 is 9.59 Å². The van der Waals surface area contributed by atoms with E-state index in [1.165, 1.54) is 38.5 Å². The van der Waals surface area contributed by atoms with Crippen LogP contribution in [-0.4, -0.2) is 60.9 Å². The van der Waals surface area contributed by atoms with Crippen LogP contribution in [-0.2, 0) is 9.59 Å². The summed E-state index contributed by atoms with van der Waals surface area (Å²) in [5, 5.41) is 3.02. The molecule has 3 rings (SSSR count). The minimum Gasteiger partial charge on any atom is -0.355 e. The minimum absolute atomic E-state index is 0.137. The molecule has 0 aromatic heterocycles. The van der Waals surface area contributed by atoms with E-state index in [4.69, 9.17) is 0 Å². The Balaban J connectivity index is 1.29. The zero-order valence-electron chi connectivity index (χ0n) is 14.3. The van der Waals surface area contributed by atoms with Crippen molar-refractivity contribution in [2.75, 3.05) is 39.3 Å². The summed E-state index contributed by atoms with van der Waals surface area (Å²) < 4.78 is 0. The van der Waals surface area contributed by atoms with E-state index in [1.54, 1.807) is 0 Å². The van der Waals surface area contributed by atoms with E-state index in [0.717, 1.165) is 51.0 Å². The van der Waals surface area contributed by atoms with E-state index < -0.39 is 0 Å². The van der Waals surface area contributed by atoms with Crippen molar-refractivity contribution in [2.45, 2.75) is 51.4 Å². The van der Waals surface area contributed by atoms with Gasteiger partial charge >= 0.3 is 0 Å². The molecule has 23 heavy (non-hydrogen) atoms. The monoisotopic (exact) mass is 321 g/mol. The van der Waals surface area contributed by atoms with Gasteiger partial charge in [0.05, 0.1) is 6.54 Å². The molecular formula is C18H31N3O2. The molecule has 1 saturated heterocycles. The van der Waals surface area contributed by atoms with E-state index >= 15 is 0 Å². The maximum absolute atomic E-state index is 12.3. The van der Waals surface area contributed by atoms with Crippen LogP contribution in [0.2, 0.25) is 0 Å². The average Bonchev–Trinajstić information content (AvgIpc) is 3.25. The summed E-state index contributed by atoms with van der Waals surface area (Å²) in [7, 11) is 0. The van der Waals surface area contributed by atoms with Gasteiger partial charge in [-0.25, -0.2) is 0 Å². The van der Waals surface area contributed by atoms with Crippen LogP contribution >= 0.6 is 0 Å². The van der Waals surface area contributed by atoms with Crippen molar-refractivity contribution in [1.29, 1.82) is 0 Å². The molecule has 1 heterocycles. The number of carbonyl (C=O) groups is 2. The molecule has 0 atom stereocenters. The molecule has 0 radical (unpaired) electrons. The number of nitrogens with zero attached hydrogens (tertiary/aromatic N) is 2. The molecule has 0 aromatic rings. The third kappa shape index (κ3) is 5.48. The number of hydrogen-bond acceptors (Lipinski definition) is 3. The highest BCUT2D eigenvalue weighted by molar-refractivity contribution is 5.78. The number of nitrogens with one attached hydrogen (secondary N) is 1. The zero-order valence-corrected chi connectivity index (χ0v) is 14.3. The van der Waals surface area contributed by atoms with Crippen molar-refractivity contribution in [3.8, 4) is 0 Å². The molecule has 2 amide bonds. The maximum Gasteiger partial charge on any atom is 0.234 e. The van der Waals surface area contributed by atoms with Gasteiger partial charge in [-0.1, -0.05) is 25.7 Å². The fraction of sp³-hybridized carbons (Fsp3) is 0.889. The van der Waals surface area contributed by atoms with Crippen LogP contribution in [0.3, 0.4) is 0 Å². The number of rotatable bonds is 7. The van der Waals surface area contributed by atoms with Crippen molar-refractivity contribution in [3.63, 3.8) is 0 Å². The van der Waals surface area contributed by atoms with Crippen LogP contribution in [0.15, 0.2) is 0 Å². The Kier molecular flexibility index (Phi) is 5.92. The Morgan fingerprint density at radius 3 is 2.26 bits per heavy atom. The van der Waals surface area contributed by atoms with E-state index in [9.17, 15) is 9.59 Å². The van der Waals surface area contributed by atoms with E-state index in [0.29, 0.717) is 18.9 Å². The minimum atomic E-state index is 0.137. The maximum atomic E-state index is 12.3. The number of carbonyl (C=O) groups excluding carboxylic acids is 2. The average molecular weight is 321 g/mol. The van der Waals surface area contributed by atoms with Crippen molar-refractivity contribution in [1.82, 2.24) is 15.1 Å². The standard InChI is InChI=1S/C18H31N3O2/c22-17(19-13-16-5-6-16)14-20-9-11-21(12-10-20)18(23)8-7-15-3-1-2-4-15/h15-16H,1-14H2,(H,19,22). The van der Waals surface area contributed by atoms with Crippen LogP contribution in [0, 0.1) is 11.8 Å². The smallest absolute Gasteiger partial charge is 0.234 e. The summed E-state index contributed by atoms with van der Waals surface area (Å²) in [5.41, 5.74) is 0. The Morgan fingerprint density at radius 2 is 1.61 bits per heavy atom. The Labute approximate surface area is 139 Å². The summed E-state index contributed by atoms with van der Waals surface area (Å²) in [6.07, 6.45) is 9.65. The first kappa shape index (κ1) is 16.7. The SMILES string of the molecule is O=C(CN1CCN(C(=O)CCC2CCCC2)CC1)NCC1CC1. The van der Waals surface area contributed by atoms with Gasteiger partial charge in [-0.2, -0.15) is 0 Å². The van der Waals surface area contributed by atoms with Gasteiger partial charge in [0.15, 0.2) is 0 Å². The molecule has 2 aliphatic carbocycles. The summed E-state index contributed by atoms with van der Waals surface area (Å²) in [4.78, 5) is 28.3. The first-order valence-corrected chi connectivity index (χ1v) is 9.47. The fourth-order valence-corrected chi connectivity index (χ4v) is 3.78. The normalized spacial score (nSPS) is 23.2. The molecule has 1 N–H and O–H groups in total. The lowest BCUT2D eigenvalue weighted by Gasteiger charge is -2.34. The molecule has 0 unspecified atom stereocenters. The molecule has 5 heteroatoms. The van der Waals surface area contributed by atoms with Crippen LogP contribution in [0.1, 0.15) is 51.4 Å². The van der Waals surface area contributed by atoms with E-state index in [-0.39, 0.29) is 5.91 Å². The molecule has 5 nitrogen and oxygen atoms in total. The van der Waals surface area contributed by atoms with Gasteiger partial charge in [0.1, 0.15) is 0 Å². The van der Waals surface area contributed by atoms with Crippen LogP contribution < -0.4 is 5.32 Å². The quantitative estimate of drug-likeness (QED) is 0.775. The third-order valence-corrected chi connectivity index (χ3v) is 5.62. The first-order valence-electron chi connectivity index (χ1n) is 9.47. The lowest BCUT2D eigenvalue weighted by molar-refractivity contribution is -0.133. The van der Waals surface area contributed by atoms with Crippen LogP contribution in [0.25, 0.3) is 0 Å². The lowest BCUT2D eigenvalue weighted by Crippen LogP contribution is -2.51. The lowest BCUT2D eigenvalue weighted by atomic mass is 10.0. The second kappa shape index (κ2) is 8.13. The molecule has 3 aliphatic rings. The number of piperazine rings is 1. The molecule has 0 aromatic carbocycles. The molecule has 3 fully saturated rings. The summed E-state index contributed by atoms with van der Waals surface area (Å²) in [5.74, 6) is 1.97. The van der Waals surface area contributed by atoms with Crippen LogP contribution in [0.5, 0.6) is 0 Å². The fourth-order valence-electron chi connectivity index (χ4n) is 3.78. The van der Waals surface area contributed by atoms with Crippen molar-refractivity contribution >= 4 is 11.8 Å². The highest BCUT2D eigenvalue weighted by atomic mass is 16.2.